The second-order valence-corrected chi connectivity index (χ2v) is 9.26. The summed E-state index contributed by atoms with van der Waals surface area (Å²) in [5.41, 5.74) is 6.69. The molecule has 35 heavy (non-hydrogen) atoms. The van der Waals surface area contributed by atoms with E-state index in [0.717, 1.165) is 32.3 Å². The van der Waals surface area contributed by atoms with Crippen molar-refractivity contribution in [1.29, 1.82) is 0 Å². The third-order valence-electron chi connectivity index (χ3n) is 6.21. The number of nitrogens with zero attached hydrogens (tertiary/aromatic N) is 1. The van der Waals surface area contributed by atoms with E-state index in [0.29, 0.717) is 11.3 Å². The van der Waals surface area contributed by atoms with Gasteiger partial charge < -0.3 is 15.2 Å². The van der Waals surface area contributed by atoms with Crippen molar-refractivity contribution in [2.75, 3.05) is 6.61 Å². The number of nitrogens with one attached hydrogen (secondary N) is 2. The molecule has 3 aromatic carbocycles. The standard InChI is InChI=1S/C27H22BrN3O4/c28-18-11-9-16(10-12-18)25-17(14-29-31-25)13-24(26(32)33)30-27(34)35-15-23-21-7-3-1-5-19(21)20-6-2-4-8-22(20)23/h1-12,14,23-24H,13,15H2,(H,29,31)(H,30,34)(H,32,33). The van der Waals surface area contributed by atoms with Gasteiger partial charge in [-0.3, -0.25) is 5.10 Å². The van der Waals surface area contributed by atoms with Gasteiger partial charge in [-0.1, -0.05) is 76.6 Å². The van der Waals surface area contributed by atoms with Crippen LogP contribution in [-0.4, -0.2) is 40.0 Å². The summed E-state index contributed by atoms with van der Waals surface area (Å²) < 4.78 is 6.46. The number of carboxylic acids is 1. The smallest absolute Gasteiger partial charge is 0.407 e. The summed E-state index contributed by atoms with van der Waals surface area (Å²) in [6.45, 7) is 0.113. The average Bonchev–Trinajstić information content (AvgIpc) is 3.45. The Bertz CT molecular complexity index is 1340. The maximum Gasteiger partial charge on any atom is 0.407 e. The number of rotatable bonds is 7. The van der Waals surface area contributed by atoms with Crippen molar-refractivity contribution in [3.63, 3.8) is 0 Å². The fourth-order valence-electron chi connectivity index (χ4n) is 4.53. The SMILES string of the molecule is O=C(NC(Cc1cn[nH]c1-c1ccc(Br)cc1)C(=O)O)OCC1c2ccccc2-c2ccccc21. The van der Waals surface area contributed by atoms with E-state index in [-0.39, 0.29) is 18.9 Å². The third kappa shape index (κ3) is 4.70. The van der Waals surface area contributed by atoms with E-state index >= 15 is 0 Å². The van der Waals surface area contributed by atoms with Crippen molar-refractivity contribution < 1.29 is 19.4 Å². The number of ether oxygens (including phenoxy) is 1. The van der Waals surface area contributed by atoms with E-state index in [4.69, 9.17) is 4.74 Å². The molecule has 0 spiro atoms. The first-order chi connectivity index (χ1) is 17.0. The Morgan fingerprint density at radius 2 is 1.63 bits per heavy atom. The lowest BCUT2D eigenvalue weighted by Gasteiger charge is -2.17. The molecule has 4 aromatic rings. The van der Waals surface area contributed by atoms with E-state index in [1.807, 2.05) is 60.7 Å². The number of carboxylic acid groups (broad SMARTS) is 1. The number of H-pyrrole nitrogens is 1. The maximum atomic E-state index is 12.6. The van der Waals surface area contributed by atoms with Gasteiger partial charge in [-0.05, 0) is 39.9 Å². The van der Waals surface area contributed by atoms with Gasteiger partial charge in [0.25, 0.3) is 0 Å². The molecule has 3 N–H and O–H groups in total. The number of aromatic amines is 1. The van der Waals surface area contributed by atoms with Crippen LogP contribution < -0.4 is 5.32 Å². The predicted molar refractivity (Wildman–Crippen MR) is 135 cm³/mol. The molecule has 1 unspecified atom stereocenters. The Hall–Kier alpha value is -3.91. The van der Waals surface area contributed by atoms with Crippen LogP contribution in [0.2, 0.25) is 0 Å². The number of alkyl carbamates (subject to hydrolysis) is 1. The van der Waals surface area contributed by atoms with Crippen LogP contribution in [0.4, 0.5) is 4.79 Å². The van der Waals surface area contributed by atoms with Crippen LogP contribution in [0.15, 0.2) is 83.5 Å². The summed E-state index contributed by atoms with van der Waals surface area (Å²) in [6, 6.07) is 22.5. The minimum Gasteiger partial charge on any atom is -0.480 e. The van der Waals surface area contributed by atoms with Gasteiger partial charge in [0, 0.05) is 22.4 Å². The van der Waals surface area contributed by atoms with Crippen molar-refractivity contribution in [3.05, 3.63) is 100 Å². The lowest BCUT2D eigenvalue weighted by molar-refractivity contribution is -0.139. The van der Waals surface area contributed by atoms with Crippen LogP contribution in [0.3, 0.4) is 0 Å². The van der Waals surface area contributed by atoms with Gasteiger partial charge in [-0.15, -0.1) is 0 Å². The second-order valence-electron chi connectivity index (χ2n) is 8.34. The molecular formula is C27H22BrN3O4. The minimum absolute atomic E-state index is 0.0570. The monoisotopic (exact) mass is 531 g/mol. The molecule has 8 heteroatoms. The molecule has 1 heterocycles. The topological polar surface area (TPSA) is 104 Å². The van der Waals surface area contributed by atoms with Gasteiger partial charge in [0.1, 0.15) is 12.6 Å². The number of hydrogen-bond donors (Lipinski definition) is 3. The van der Waals surface area contributed by atoms with E-state index in [1.54, 1.807) is 6.20 Å². The Balaban J connectivity index is 1.27. The molecule has 0 radical (unpaired) electrons. The number of carbonyl (C=O) groups is 2. The van der Waals surface area contributed by atoms with Crippen molar-refractivity contribution >= 4 is 28.0 Å². The van der Waals surface area contributed by atoms with Crippen molar-refractivity contribution in [2.24, 2.45) is 0 Å². The van der Waals surface area contributed by atoms with Gasteiger partial charge in [-0.2, -0.15) is 5.10 Å². The zero-order valence-corrected chi connectivity index (χ0v) is 20.2. The summed E-state index contributed by atoms with van der Waals surface area (Å²) in [4.78, 5) is 24.6. The molecular weight excluding hydrogens is 510 g/mol. The van der Waals surface area contributed by atoms with Gasteiger partial charge >= 0.3 is 12.1 Å². The second kappa shape index (κ2) is 9.76. The van der Waals surface area contributed by atoms with Gasteiger partial charge in [0.05, 0.1) is 11.9 Å². The number of fused-ring (bicyclic) bond motifs is 3. The number of halogens is 1. The number of aromatic nitrogens is 2. The lowest BCUT2D eigenvalue weighted by atomic mass is 9.98. The Kier molecular flexibility index (Phi) is 6.37. The van der Waals surface area contributed by atoms with Crippen LogP contribution in [0.25, 0.3) is 22.4 Å². The summed E-state index contributed by atoms with van der Waals surface area (Å²) in [7, 11) is 0. The summed E-state index contributed by atoms with van der Waals surface area (Å²) in [5.74, 6) is -1.25. The summed E-state index contributed by atoms with van der Waals surface area (Å²) >= 11 is 3.41. The lowest BCUT2D eigenvalue weighted by Crippen LogP contribution is -2.43. The van der Waals surface area contributed by atoms with Crippen LogP contribution in [0, 0.1) is 0 Å². The molecule has 0 saturated carbocycles. The van der Waals surface area contributed by atoms with E-state index in [2.05, 4.69) is 43.6 Å². The molecule has 1 aliphatic rings. The van der Waals surface area contributed by atoms with Crippen molar-refractivity contribution in [3.8, 4) is 22.4 Å². The Morgan fingerprint density at radius 1 is 1.00 bits per heavy atom. The quantitative estimate of drug-likeness (QED) is 0.297. The highest BCUT2D eigenvalue weighted by molar-refractivity contribution is 9.10. The molecule has 0 bridgehead atoms. The maximum absolute atomic E-state index is 12.6. The highest BCUT2D eigenvalue weighted by atomic mass is 79.9. The van der Waals surface area contributed by atoms with Gasteiger partial charge in [0.2, 0.25) is 0 Å². The predicted octanol–water partition coefficient (Wildman–Crippen LogP) is 5.37. The van der Waals surface area contributed by atoms with Crippen LogP contribution in [-0.2, 0) is 16.0 Å². The normalized spacial score (nSPS) is 13.1. The molecule has 1 aliphatic carbocycles. The molecule has 1 atom stereocenters. The average molecular weight is 532 g/mol. The third-order valence-corrected chi connectivity index (χ3v) is 6.74. The van der Waals surface area contributed by atoms with E-state index < -0.39 is 18.1 Å². The minimum atomic E-state index is -1.17. The van der Waals surface area contributed by atoms with Crippen molar-refractivity contribution in [1.82, 2.24) is 15.5 Å². The molecule has 7 nitrogen and oxygen atoms in total. The summed E-state index contributed by atoms with van der Waals surface area (Å²) in [5, 5.41) is 19.2. The van der Waals surface area contributed by atoms with Gasteiger partial charge in [-0.25, -0.2) is 9.59 Å². The zero-order chi connectivity index (χ0) is 24.4. The number of benzene rings is 3. The van der Waals surface area contributed by atoms with Crippen molar-refractivity contribution in [2.45, 2.75) is 18.4 Å². The van der Waals surface area contributed by atoms with Crippen LogP contribution >= 0.6 is 15.9 Å². The largest absolute Gasteiger partial charge is 0.480 e. The summed E-state index contributed by atoms with van der Waals surface area (Å²) in [6.07, 6.45) is 0.863. The number of amides is 1. The van der Waals surface area contributed by atoms with Gasteiger partial charge in [0.15, 0.2) is 0 Å². The molecule has 0 aliphatic heterocycles. The Morgan fingerprint density at radius 3 is 2.26 bits per heavy atom. The fourth-order valence-corrected chi connectivity index (χ4v) is 4.80. The number of hydrogen-bond acceptors (Lipinski definition) is 4. The molecule has 1 aromatic heterocycles. The molecule has 1 amide bonds. The Labute approximate surface area is 210 Å². The zero-order valence-electron chi connectivity index (χ0n) is 18.6. The van der Waals surface area contributed by atoms with Crippen LogP contribution in [0.1, 0.15) is 22.6 Å². The number of aliphatic carboxylic acids is 1. The van der Waals surface area contributed by atoms with Crippen LogP contribution in [0.5, 0.6) is 0 Å². The molecule has 5 rings (SSSR count). The first-order valence-electron chi connectivity index (χ1n) is 11.1. The first kappa shape index (κ1) is 22.9. The molecule has 0 fully saturated rings. The molecule has 0 saturated heterocycles. The van der Waals surface area contributed by atoms with E-state index in [1.165, 1.54) is 0 Å². The highest BCUT2D eigenvalue weighted by Crippen LogP contribution is 2.44. The molecule has 176 valence electrons. The number of carbonyl (C=O) groups excluding carboxylic acids is 1. The highest BCUT2D eigenvalue weighted by Gasteiger charge is 2.30. The first-order valence-corrected chi connectivity index (χ1v) is 11.9. The van der Waals surface area contributed by atoms with E-state index in [9.17, 15) is 14.7 Å². The fraction of sp³-hybridized carbons (Fsp3) is 0.148.